The van der Waals surface area contributed by atoms with Gasteiger partial charge in [0.25, 0.3) is 0 Å². The zero-order chi connectivity index (χ0) is 15.2. The summed E-state index contributed by atoms with van der Waals surface area (Å²) in [4.78, 5) is 11.9. The van der Waals surface area contributed by atoms with Crippen molar-refractivity contribution in [2.24, 2.45) is 5.92 Å². The number of hydrogen-bond donors (Lipinski definition) is 2. The minimum absolute atomic E-state index is 0.0899. The molecule has 116 valence electrons. The summed E-state index contributed by atoms with van der Waals surface area (Å²) in [5.74, 6) is 0.638. The molecule has 1 aliphatic rings. The Kier molecular flexibility index (Phi) is 5.88. The van der Waals surface area contributed by atoms with Gasteiger partial charge in [-0.05, 0) is 37.0 Å². The first-order valence-electron chi connectivity index (χ1n) is 7.51. The van der Waals surface area contributed by atoms with Crippen LogP contribution >= 0.6 is 11.6 Å². The third-order valence-electron chi connectivity index (χ3n) is 3.86. The van der Waals surface area contributed by atoms with Gasteiger partial charge in [-0.3, -0.25) is 4.79 Å². The highest BCUT2D eigenvalue weighted by molar-refractivity contribution is 6.31. The Bertz CT molecular complexity index is 493. The molecule has 4 nitrogen and oxygen atoms in total. The summed E-state index contributed by atoms with van der Waals surface area (Å²) in [6.07, 6.45) is 5.37. The molecule has 0 aromatic heterocycles. The van der Waals surface area contributed by atoms with Gasteiger partial charge in [0.1, 0.15) is 0 Å². The Morgan fingerprint density at radius 1 is 1.48 bits per heavy atom. The van der Waals surface area contributed by atoms with Crippen LogP contribution in [0.3, 0.4) is 0 Å². The van der Waals surface area contributed by atoms with Gasteiger partial charge in [-0.2, -0.15) is 0 Å². The van der Waals surface area contributed by atoms with Crippen LogP contribution in [-0.4, -0.2) is 18.6 Å². The SMILES string of the molecule is CC1CCCC(OCCC(=O)Nc2ccc(Cl)cc2N)C1. The van der Waals surface area contributed by atoms with Gasteiger partial charge in [0.15, 0.2) is 0 Å². The van der Waals surface area contributed by atoms with Crippen molar-refractivity contribution < 1.29 is 9.53 Å². The molecule has 1 aromatic rings. The molecule has 0 radical (unpaired) electrons. The van der Waals surface area contributed by atoms with Crippen molar-refractivity contribution >= 4 is 28.9 Å². The van der Waals surface area contributed by atoms with Crippen molar-refractivity contribution in [1.29, 1.82) is 0 Å². The fourth-order valence-corrected chi connectivity index (χ4v) is 2.89. The second-order valence-electron chi connectivity index (χ2n) is 5.79. The molecule has 3 N–H and O–H groups in total. The fourth-order valence-electron chi connectivity index (χ4n) is 2.71. The van der Waals surface area contributed by atoms with E-state index in [2.05, 4.69) is 12.2 Å². The standard InChI is InChI=1S/C16H23ClN2O2/c1-11-3-2-4-13(9-11)21-8-7-16(20)19-15-6-5-12(17)10-14(15)18/h5-6,10-11,13H,2-4,7-9,18H2,1H3,(H,19,20). The molecule has 1 aromatic carbocycles. The van der Waals surface area contributed by atoms with E-state index in [0.29, 0.717) is 35.5 Å². The second-order valence-corrected chi connectivity index (χ2v) is 6.23. The molecular formula is C16H23ClN2O2. The Labute approximate surface area is 131 Å². The molecule has 1 aliphatic carbocycles. The number of benzene rings is 1. The van der Waals surface area contributed by atoms with Crippen LogP contribution in [0.25, 0.3) is 0 Å². The van der Waals surface area contributed by atoms with Gasteiger partial charge < -0.3 is 15.8 Å². The van der Waals surface area contributed by atoms with Crippen LogP contribution in [0.2, 0.25) is 5.02 Å². The van der Waals surface area contributed by atoms with Crippen molar-refractivity contribution in [3.8, 4) is 0 Å². The fraction of sp³-hybridized carbons (Fsp3) is 0.562. The van der Waals surface area contributed by atoms with E-state index in [4.69, 9.17) is 22.1 Å². The second kappa shape index (κ2) is 7.66. The number of anilines is 2. The zero-order valence-corrected chi connectivity index (χ0v) is 13.2. The van der Waals surface area contributed by atoms with Gasteiger partial charge >= 0.3 is 0 Å². The van der Waals surface area contributed by atoms with Crippen molar-refractivity contribution in [3.05, 3.63) is 23.2 Å². The summed E-state index contributed by atoms with van der Waals surface area (Å²) in [5.41, 5.74) is 6.86. The number of amides is 1. The van der Waals surface area contributed by atoms with Gasteiger partial charge in [-0.1, -0.05) is 31.4 Å². The first kappa shape index (κ1) is 16.1. The molecule has 1 fully saturated rings. The van der Waals surface area contributed by atoms with E-state index < -0.39 is 0 Å². The number of hydrogen-bond acceptors (Lipinski definition) is 3. The highest BCUT2D eigenvalue weighted by atomic mass is 35.5. The quantitative estimate of drug-likeness (QED) is 0.812. The number of carbonyl (C=O) groups is 1. The van der Waals surface area contributed by atoms with Crippen molar-refractivity contribution in [3.63, 3.8) is 0 Å². The molecular weight excluding hydrogens is 288 g/mol. The molecule has 1 amide bonds. The van der Waals surface area contributed by atoms with E-state index in [1.807, 2.05) is 0 Å². The topological polar surface area (TPSA) is 64.3 Å². The van der Waals surface area contributed by atoms with E-state index in [1.165, 1.54) is 12.8 Å². The smallest absolute Gasteiger partial charge is 0.226 e. The average Bonchev–Trinajstić information content (AvgIpc) is 2.42. The molecule has 0 spiro atoms. The lowest BCUT2D eigenvalue weighted by Crippen LogP contribution is -2.23. The summed E-state index contributed by atoms with van der Waals surface area (Å²) >= 11 is 5.82. The lowest BCUT2D eigenvalue weighted by molar-refractivity contribution is -0.117. The van der Waals surface area contributed by atoms with Crippen molar-refractivity contribution in [2.45, 2.75) is 45.1 Å². The Morgan fingerprint density at radius 3 is 3.00 bits per heavy atom. The molecule has 2 rings (SSSR count). The maximum absolute atomic E-state index is 11.9. The minimum atomic E-state index is -0.0899. The van der Waals surface area contributed by atoms with Gasteiger partial charge in [0, 0.05) is 5.02 Å². The lowest BCUT2D eigenvalue weighted by Gasteiger charge is -2.26. The van der Waals surface area contributed by atoms with Gasteiger partial charge in [0.05, 0.1) is 30.5 Å². The van der Waals surface area contributed by atoms with E-state index in [0.717, 1.165) is 18.8 Å². The monoisotopic (exact) mass is 310 g/mol. The van der Waals surface area contributed by atoms with Crippen molar-refractivity contribution in [2.75, 3.05) is 17.7 Å². The first-order chi connectivity index (χ1) is 10.0. The van der Waals surface area contributed by atoms with E-state index >= 15 is 0 Å². The molecule has 0 heterocycles. The number of halogens is 1. The summed E-state index contributed by atoms with van der Waals surface area (Å²) in [7, 11) is 0. The molecule has 1 saturated carbocycles. The molecule has 0 saturated heterocycles. The summed E-state index contributed by atoms with van der Waals surface area (Å²) in [6.45, 7) is 2.71. The number of nitrogens with one attached hydrogen (secondary N) is 1. The van der Waals surface area contributed by atoms with Crippen molar-refractivity contribution in [1.82, 2.24) is 0 Å². The van der Waals surface area contributed by atoms with Crippen LogP contribution in [0.1, 0.15) is 39.0 Å². The van der Waals surface area contributed by atoms with Crippen LogP contribution in [0.5, 0.6) is 0 Å². The Morgan fingerprint density at radius 2 is 2.29 bits per heavy atom. The molecule has 5 heteroatoms. The zero-order valence-electron chi connectivity index (χ0n) is 12.4. The summed E-state index contributed by atoms with van der Waals surface area (Å²) < 4.78 is 5.80. The van der Waals surface area contributed by atoms with Gasteiger partial charge in [-0.25, -0.2) is 0 Å². The molecule has 0 aliphatic heterocycles. The highest BCUT2D eigenvalue weighted by Gasteiger charge is 2.19. The van der Waals surface area contributed by atoms with E-state index in [-0.39, 0.29) is 5.91 Å². The van der Waals surface area contributed by atoms with Crippen LogP contribution in [0.4, 0.5) is 11.4 Å². The van der Waals surface area contributed by atoms with E-state index in [9.17, 15) is 4.79 Å². The van der Waals surface area contributed by atoms with Gasteiger partial charge in [0.2, 0.25) is 5.91 Å². The Hall–Kier alpha value is -1.26. The maximum Gasteiger partial charge on any atom is 0.226 e. The van der Waals surface area contributed by atoms with E-state index in [1.54, 1.807) is 18.2 Å². The number of rotatable bonds is 5. The largest absolute Gasteiger partial charge is 0.397 e. The molecule has 2 unspecified atom stereocenters. The van der Waals surface area contributed by atoms with Crippen LogP contribution in [-0.2, 0) is 9.53 Å². The average molecular weight is 311 g/mol. The third kappa shape index (κ3) is 5.21. The van der Waals surface area contributed by atoms with Gasteiger partial charge in [-0.15, -0.1) is 0 Å². The summed E-state index contributed by atoms with van der Waals surface area (Å²) in [6, 6.07) is 5.03. The Balaban J connectivity index is 1.72. The lowest BCUT2D eigenvalue weighted by atomic mass is 9.89. The predicted molar refractivity (Wildman–Crippen MR) is 86.5 cm³/mol. The van der Waals surface area contributed by atoms with Crippen LogP contribution in [0, 0.1) is 5.92 Å². The first-order valence-corrected chi connectivity index (χ1v) is 7.89. The number of ether oxygens (including phenoxy) is 1. The van der Waals surface area contributed by atoms with Crippen LogP contribution < -0.4 is 11.1 Å². The predicted octanol–water partition coefficient (Wildman–Crippen LogP) is 3.85. The van der Waals surface area contributed by atoms with Crippen LogP contribution in [0.15, 0.2) is 18.2 Å². The third-order valence-corrected chi connectivity index (χ3v) is 4.09. The molecule has 2 atom stereocenters. The summed E-state index contributed by atoms with van der Waals surface area (Å²) in [5, 5.41) is 3.34. The molecule has 21 heavy (non-hydrogen) atoms. The highest BCUT2D eigenvalue weighted by Crippen LogP contribution is 2.26. The minimum Gasteiger partial charge on any atom is -0.397 e. The number of nitrogen functional groups attached to an aromatic ring is 1. The number of nitrogens with two attached hydrogens (primary N) is 1. The number of carbonyl (C=O) groups excluding carboxylic acids is 1. The maximum atomic E-state index is 11.9. The normalized spacial score (nSPS) is 22.0. The molecule has 0 bridgehead atoms.